The fourth-order valence-corrected chi connectivity index (χ4v) is 1.06. The van der Waals surface area contributed by atoms with Gasteiger partial charge in [0, 0.05) is 7.11 Å². The van der Waals surface area contributed by atoms with E-state index in [1.54, 1.807) is 18.2 Å². The summed E-state index contributed by atoms with van der Waals surface area (Å²) in [5.74, 6) is -0.381. The van der Waals surface area contributed by atoms with Crippen LogP contribution in [0, 0.1) is 0 Å². The van der Waals surface area contributed by atoms with Crippen molar-refractivity contribution < 1.29 is 14.6 Å². The van der Waals surface area contributed by atoms with Crippen LogP contribution in [-0.4, -0.2) is 30.8 Å². The number of ether oxygens (including phenoxy) is 1. The van der Waals surface area contributed by atoms with Crippen molar-refractivity contribution in [1.82, 2.24) is 0 Å². The Balaban J connectivity index is 0.00000225. The molecule has 0 heterocycles. The molecule has 0 aromatic heterocycles. The van der Waals surface area contributed by atoms with Crippen LogP contribution in [0.2, 0.25) is 0 Å². The van der Waals surface area contributed by atoms with Gasteiger partial charge in [0.2, 0.25) is 5.91 Å². The molecule has 0 radical (unpaired) electrons. The Labute approximate surface area is 100 Å². The summed E-state index contributed by atoms with van der Waals surface area (Å²) in [6, 6.07) is 5.70. The van der Waals surface area contributed by atoms with Crippen LogP contribution in [0.1, 0.15) is 0 Å². The number of hydrogen-bond acceptors (Lipinski definition) is 4. The number of hydrogen-bond donors (Lipinski definition) is 3. The average molecular weight is 247 g/mol. The smallest absolute Gasteiger partial charge is 0.243 e. The number of carbonyl (C=O) groups excluding carboxylic acids is 1. The number of nitrogens with one attached hydrogen (secondary N) is 1. The molecule has 1 aromatic carbocycles. The van der Waals surface area contributed by atoms with Crippen LogP contribution >= 0.6 is 12.4 Å². The molecule has 0 saturated heterocycles. The van der Waals surface area contributed by atoms with Gasteiger partial charge >= 0.3 is 0 Å². The summed E-state index contributed by atoms with van der Waals surface area (Å²) in [6.45, 7) is 0.138. The molecule has 0 saturated carbocycles. The lowest BCUT2D eigenvalue weighted by Crippen LogP contribution is -2.39. The molecule has 16 heavy (non-hydrogen) atoms. The van der Waals surface area contributed by atoms with E-state index in [1.165, 1.54) is 13.2 Å². The van der Waals surface area contributed by atoms with E-state index in [2.05, 4.69) is 5.32 Å². The van der Waals surface area contributed by atoms with E-state index in [0.29, 0.717) is 5.69 Å². The number of phenols is 1. The highest BCUT2D eigenvalue weighted by Crippen LogP contribution is 2.21. The van der Waals surface area contributed by atoms with Crippen molar-refractivity contribution in [3.05, 3.63) is 24.3 Å². The first-order chi connectivity index (χ1) is 7.15. The number of rotatable bonds is 4. The summed E-state index contributed by atoms with van der Waals surface area (Å²) in [6.07, 6.45) is 0. The van der Waals surface area contributed by atoms with E-state index in [1.807, 2.05) is 0 Å². The maximum Gasteiger partial charge on any atom is 0.243 e. The SMILES string of the molecule is COCC(N)C(=O)Nc1ccccc1O.Cl. The number of anilines is 1. The third kappa shape index (κ3) is 4.06. The molecule has 5 nitrogen and oxygen atoms in total. The van der Waals surface area contributed by atoms with Crippen LogP contribution in [0.5, 0.6) is 5.75 Å². The maximum absolute atomic E-state index is 11.4. The van der Waals surface area contributed by atoms with Gasteiger partial charge in [-0.1, -0.05) is 12.1 Å². The summed E-state index contributed by atoms with van der Waals surface area (Å²) >= 11 is 0. The number of amides is 1. The van der Waals surface area contributed by atoms with Gasteiger partial charge in [-0.3, -0.25) is 4.79 Å². The van der Waals surface area contributed by atoms with E-state index in [-0.39, 0.29) is 24.8 Å². The average Bonchev–Trinajstić information content (AvgIpc) is 2.21. The predicted octanol–water partition coefficient (Wildman–Crippen LogP) is 0.726. The Morgan fingerprint density at radius 3 is 2.75 bits per heavy atom. The van der Waals surface area contributed by atoms with E-state index in [9.17, 15) is 9.90 Å². The second kappa shape index (κ2) is 7.05. The van der Waals surface area contributed by atoms with Crippen LogP contribution < -0.4 is 11.1 Å². The third-order valence-electron chi connectivity index (χ3n) is 1.84. The molecule has 0 bridgehead atoms. The molecule has 0 aliphatic rings. The van der Waals surface area contributed by atoms with Gasteiger partial charge in [0.05, 0.1) is 12.3 Å². The highest BCUT2D eigenvalue weighted by Gasteiger charge is 2.14. The molecule has 6 heteroatoms. The molecule has 0 aliphatic heterocycles. The number of halogens is 1. The van der Waals surface area contributed by atoms with Gasteiger partial charge in [-0.2, -0.15) is 0 Å². The molecule has 4 N–H and O–H groups in total. The first kappa shape index (κ1) is 14.7. The Morgan fingerprint density at radius 1 is 1.56 bits per heavy atom. The minimum atomic E-state index is -0.741. The Morgan fingerprint density at radius 2 is 2.19 bits per heavy atom. The molecule has 1 aromatic rings. The number of nitrogens with two attached hydrogens (primary N) is 1. The zero-order valence-corrected chi connectivity index (χ0v) is 9.66. The van der Waals surface area contributed by atoms with Gasteiger partial charge in [-0.15, -0.1) is 12.4 Å². The molecule has 0 fully saturated rings. The zero-order valence-electron chi connectivity index (χ0n) is 8.84. The summed E-state index contributed by atoms with van der Waals surface area (Å²) in [5, 5.41) is 11.9. The summed E-state index contributed by atoms with van der Waals surface area (Å²) in [5.41, 5.74) is 5.85. The van der Waals surface area contributed by atoms with E-state index >= 15 is 0 Å². The van der Waals surface area contributed by atoms with E-state index in [4.69, 9.17) is 10.5 Å². The van der Waals surface area contributed by atoms with Gasteiger partial charge in [0.25, 0.3) is 0 Å². The summed E-state index contributed by atoms with van der Waals surface area (Å²) < 4.78 is 4.74. The molecule has 1 atom stereocenters. The minimum absolute atomic E-state index is 0. The Hall–Kier alpha value is -1.30. The quantitative estimate of drug-likeness (QED) is 0.684. The van der Waals surface area contributed by atoms with Crippen molar-refractivity contribution in [2.24, 2.45) is 5.73 Å². The van der Waals surface area contributed by atoms with Crippen LogP contribution in [0.25, 0.3) is 0 Å². The first-order valence-electron chi connectivity index (χ1n) is 4.48. The monoisotopic (exact) mass is 246 g/mol. The zero-order chi connectivity index (χ0) is 11.3. The van der Waals surface area contributed by atoms with E-state index < -0.39 is 11.9 Å². The number of aromatic hydroxyl groups is 1. The number of benzene rings is 1. The topological polar surface area (TPSA) is 84.6 Å². The highest BCUT2D eigenvalue weighted by atomic mass is 35.5. The number of phenolic OH excluding ortho intramolecular Hbond substituents is 1. The molecule has 0 spiro atoms. The molecular formula is C10H15ClN2O3. The van der Waals surface area contributed by atoms with E-state index in [0.717, 1.165) is 0 Å². The normalized spacial score (nSPS) is 11.4. The van der Waals surface area contributed by atoms with Gasteiger partial charge in [0.1, 0.15) is 11.8 Å². The van der Waals surface area contributed by atoms with Gasteiger partial charge < -0.3 is 20.9 Å². The standard InChI is InChI=1S/C10H14N2O3.ClH/c1-15-6-7(11)10(14)12-8-4-2-3-5-9(8)13;/h2-5,7,13H,6,11H2,1H3,(H,12,14);1H. The lowest BCUT2D eigenvalue weighted by molar-refractivity contribution is -0.118. The molecule has 0 aliphatic carbocycles. The largest absolute Gasteiger partial charge is 0.506 e. The maximum atomic E-state index is 11.4. The first-order valence-corrected chi connectivity index (χ1v) is 4.48. The molecule has 1 unspecified atom stereocenters. The molecular weight excluding hydrogens is 232 g/mol. The van der Waals surface area contributed by atoms with Gasteiger partial charge in [-0.25, -0.2) is 0 Å². The van der Waals surface area contributed by atoms with Crippen molar-refractivity contribution in [3.63, 3.8) is 0 Å². The number of methoxy groups -OCH3 is 1. The number of para-hydroxylation sites is 2. The van der Waals surface area contributed by atoms with Crippen LogP contribution in [-0.2, 0) is 9.53 Å². The van der Waals surface area contributed by atoms with Gasteiger partial charge in [0.15, 0.2) is 0 Å². The van der Waals surface area contributed by atoms with Gasteiger partial charge in [-0.05, 0) is 12.1 Å². The molecule has 1 rings (SSSR count). The minimum Gasteiger partial charge on any atom is -0.506 e. The Bertz CT molecular complexity index is 347. The van der Waals surface area contributed by atoms with Crippen molar-refractivity contribution in [2.45, 2.75) is 6.04 Å². The number of carbonyl (C=O) groups is 1. The highest BCUT2D eigenvalue weighted by molar-refractivity contribution is 5.95. The second-order valence-electron chi connectivity index (χ2n) is 3.07. The fraction of sp³-hybridized carbons (Fsp3) is 0.300. The van der Waals surface area contributed by atoms with Crippen molar-refractivity contribution in [1.29, 1.82) is 0 Å². The van der Waals surface area contributed by atoms with Crippen LogP contribution in [0.4, 0.5) is 5.69 Å². The predicted molar refractivity (Wildman–Crippen MR) is 63.8 cm³/mol. The fourth-order valence-electron chi connectivity index (χ4n) is 1.06. The van der Waals surface area contributed by atoms with Crippen LogP contribution in [0.15, 0.2) is 24.3 Å². The second-order valence-corrected chi connectivity index (χ2v) is 3.07. The summed E-state index contributed by atoms with van der Waals surface area (Å²) in [4.78, 5) is 11.4. The lowest BCUT2D eigenvalue weighted by Gasteiger charge is -2.11. The van der Waals surface area contributed by atoms with Crippen molar-refractivity contribution >= 4 is 24.0 Å². The molecule has 1 amide bonds. The van der Waals surface area contributed by atoms with Crippen LogP contribution in [0.3, 0.4) is 0 Å². The lowest BCUT2D eigenvalue weighted by atomic mass is 10.2. The van der Waals surface area contributed by atoms with Crippen molar-refractivity contribution in [2.75, 3.05) is 19.0 Å². The molecule has 90 valence electrons. The Kier molecular flexibility index (Phi) is 6.48. The summed E-state index contributed by atoms with van der Waals surface area (Å²) in [7, 11) is 1.47. The van der Waals surface area contributed by atoms with Crippen molar-refractivity contribution in [3.8, 4) is 5.75 Å². The third-order valence-corrected chi connectivity index (χ3v) is 1.84.